The van der Waals surface area contributed by atoms with E-state index in [-0.39, 0.29) is 17.2 Å². The number of nitrogens with one attached hydrogen (secondary N) is 2. The molecule has 0 aliphatic rings. The number of halogens is 1. The minimum atomic E-state index is -3.57. The van der Waals surface area contributed by atoms with Crippen molar-refractivity contribution in [3.05, 3.63) is 95.0 Å². The Morgan fingerprint density at radius 1 is 0.833 bits per heavy atom. The van der Waals surface area contributed by atoms with E-state index in [0.29, 0.717) is 30.1 Å². The molecule has 2 N–H and O–H groups in total. The summed E-state index contributed by atoms with van der Waals surface area (Å²) >= 11 is 5.91. The molecule has 3 rings (SSSR count). The lowest BCUT2D eigenvalue weighted by molar-refractivity contribution is -0.116. The van der Waals surface area contributed by atoms with Gasteiger partial charge in [-0.05, 0) is 54.3 Å². The van der Waals surface area contributed by atoms with E-state index in [2.05, 4.69) is 10.0 Å². The molecule has 0 fully saturated rings. The normalized spacial score (nSPS) is 11.2. The van der Waals surface area contributed by atoms with Crippen molar-refractivity contribution in [2.45, 2.75) is 24.2 Å². The molecule has 0 aliphatic heterocycles. The minimum Gasteiger partial charge on any atom is -0.326 e. The summed E-state index contributed by atoms with van der Waals surface area (Å²) in [6.45, 7) is 0.331. The van der Waals surface area contributed by atoms with Crippen LogP contribution in [0.5, 0.6) is 0 Å². The van der Waals surface area contributed by atoms with Crippen LogP contribution in [0.2, 0.25) is 5.02 Å². The van der Waals surface area contributed by atoms with Gasteiger partial charge in [0, 0.05) is 23.7 Å². The maximum absolute atomic E-state index is 12.4. The third-order valence-corrected chi connectivity index (χ3v) is 6.24. The van der Waals surface area contributed by atoms with Crippen LogP contribution in [-0.2, 0) is 27.7 Å². The first-order valence-electron chi connectivity index (χ1n) is 9.60. The second kappa shape index (κ2) is 10.4. The third-order valence-electron chi connectivity index (χ3n) is 4.53. The Labute approximate surface area is 182 Å². The number of anilines is 1. The molecule has 0 radical (unpaired) electrons. The van der Waals surface area contributed by atoms with Crippen molar-refractivity contribution >= 4 is 33.2 Å². The number of hydrogen-bond donors (Lipinski definition) is 2. The number of amides is 1. The molecular weight excluding hydrogens is 420 g/mol. The topological polar surface area (TPSA) is 75.3 Å². The van der Waals surface area contributed by atoms with Crippen molar-refractivity contribution in [2.75, 3.05) is 11.9 Å². The zero-order chi connectivity index (χ0) is 21.4. The Balaban J connectivity index is 1.49. The molecule has 156 valence electrons. The van der Waals surface area contributed by atoms with Gasteiger partial charge in [-0.2, -0.15) is 0 Å². The monoisotopic (exact) mass is 442 g/mol. The van der Waals surface area contributed by atoms with Gasteiger partial charge in [0.1, 0.15) is 0 Å². The first-order valence-corrected chi connectivity index (χ1v) is 11.5. The molecular formula is C23H23ClN2O3S. The molecule has 0 atom stereocenters. The first-order chi connectivity index (χ1) is 14.4. The summed E-state index contributed by atoms with van der Waals surface area (Å²) in [5, 5.41) is 3.35. The standard InChI is InChI=1S/C23H23ClN2O3S/c24-20-7-4-8-21(17-20)26-23(27)14-11-19-9-12-22(13-10-19)30(28,29)25-16-15-18-5-2-1-3-6-18/h1-10,12-13,17,25H,11,14-16H2,(H,26,27). The second-order valence-electron chi connectivity index (χ2n) is 6.84. The van der Waals surface area contributed by atoms with Crippen LogP contribution >= 0.6 is 11.6 Å². The summed E-state index contributed by atoms with van der Waals surface area (Å²) in [5.41, 5.74) is 2.61. The van der Waals surface area contributed by atoms with Crippen molar-refractivity contribution < 1.29 is 13.2 Å². The van der Waals surface area contributed by atoms with Crippen molar-refractivity contribution in [3.8, 4) is 0 Å². The molecule has 1 amide bonds. The third kappa shape index (κ3) is 6.69. The van der Waals surface area contributed by atoms with Gasteiger partial charge in [0.15, 0.2) is 0 Å². The van der Waals surface area contributed by atoms with E-state index in [9.17, 15) is 13.2 Å². The Hall–Kier alpha value is -2.67. The minimum absolute atomic E-state index is 0.128. The fourth-order valence-electron chi connectivity index (χ4n) is 2.94. The number of rotatable bonds is 9. The van der Waals surface area contributed by atoms with Gasteiger partial charge in [0.2, 0.25) is 15.9 Å². The van der Waals surface area contributed by atoms with Gasteiger partial charge in [-0.1, -0.05) is 60.1 Å². The molecule has 30 heavy (non-hydrogen) atoms. The zero-order valence-electron chi connectivity index (χ0n) is 16.3. The van der Waals surface area contributed by atoms with Gasteiger partial charge in [-0.15, -0.1) is 0 Å². The van der Waals surface area contributed by atoms with Gasteiger partial charge in [0.05, 0.1) is 4.90 Å². The maximum atomic E-state index is 12.4. The first kappa shape index (κ1) is 22.0. The number of sulfonamides is 1. The van der Waals surface area contributed by atoms with E-state index in [0.717, 1.165) is 11.1 Å². The van der Waals surface area contributed by atoms with Crippen molar-refractivity contribution in [1.29, 1.82) is 0 Å². The van der Waals surface area contributed by atoms with Crippen LogP contribution in [0.1, 0.15) is 17.5 Å². The van der Waals surface area contributed by atoms with Crippen molar-refractivity contribution in [2.24, 2.45) is 0 Å². The lowest BCUT2D eigenvalue weighted by atomic mass is 10.1. The van der Waals surface area contributed by atoms with Gasteiger partial charge in [0.25, 0.3) is 0 Å². The Morgan fingerprint density at radius 3 is 2.23 bits per heavy atom. The molecule has 0 spiro atoms. The molecule has 0 saturated carbocycles. The highest BCUT2D eigenvalue weighted by Gasteiger charge is 2.13. The lowest BCUT2D eigenvalue weighted by Gasteiger charge is -2.08. The van der Waals surface area contributed by atoms with Gasteiger partial charge < -0.3 is 5.32 Å². The summed E-state index contributed by atoms with van der Waals surface area (Å²) in [4.78, 5) is 12.3. The van der Waals surface area contributed by atoms with Crippen LogP contribution in [-0.4, -0.2) is 20.9 Å². The molecule has 0 unspecified atom stereocenters. The number of aryl methyl sites for hydroxylation is 1. The van der Waals surface area contributed by atoms with Gasteiger partial charge in [-0.3, -0.25) is 4.79 Å². The van der Waals surface area contributed by atoms with Crippen LogP contribution in [0, 0.1) is 0 Å². The summed E-state index contributed by atoms with van der Waals surface area (Å²) < 4.78 is 27.5. The summed E-state index contributed by atoms with van der Waals surface area (Å²) in [7, 11) is -3.57. The van der Waals surface area contributed by atoms with E-state index in [4.69, 9.17) is 11.6 Å². The predicted octanol–water partition coefficient (Wildman–Crippen LogP) is 4.43. The van der Waals surface area contributed by atoms with Gasteiger partial charge >= 0.3 is 0 Å². The average Bonchev–Trinajstić information content (AvgIpc) is 2.73. The summed E-state index contributed by atoms with van der Waals surface area (Å²) in [5.74, 6) is -0.128. The molecule has 0 aromatic heterocycles. The Bertz CT molecular complexity index is 1080. The quantitative estimate of drug-likeness (QED) is 0.514. The van der Waals surface area contributed by atoms with Gasteiger partial charge in [-0.25, -0.2) is 13.1 Å². The van der Waals surface area contributed by atoms with Crippen LogP contribution in [0.25, 0.3) is 0 Å². The second-order valence-corrected chi connectivity index (χ2v) is 9.04. The van der Waals surface area contributed by atoms with Crippen LogP contribution in [0.3, 0.4) is 0 Å². The van der Waals surface area contributed by atoms with Crippen molar-refractivity contribution in [1.82, 2.24) is 4.72 Å². The Kier molecular flexibility index (Phi) is 7.63. The van der Waals surface area contributed by atoms with E-state index in [1.165, 1.54) is 0 Å². The zero-order valence-corrected chi connectivity index (χ0v) is 17.9. The van der Waals surface area contributed by atoms with Crippen LogP contribution in [0.15, 0.2) is 83.8 Å². The molecule has 0 aliphatic carbocycles. The fraction of sp³-hybridized carbons (Fsp3) is 0.174. The summed E-state index contributed by atoms with van der Waals surface area (Å²) in [6, 6.07) is 23.3. The fourth-order valence-corrected chi connectivity index (χ4v) is 4.16. The molecule has 5 nitrogen and oxygen atoms in total. The highest BCUT2D eigenvalue weighted by atomic mass is 35.5. The molecule has 7 heteroatoms. The van der Waals surface area contributed by atoms with Crippen LogP contribution < -0.4 is 10.0 Å². The lowest BCUT2D eigenvalue weighted by Crippen LogP contribution is -2.26. The highest BCUT2D eigenvalue weighted by molar-refractivity contribution is 7.89. The molecule has 0 bridgehead atoms. The highest BCUT2D eigenvalue weighted by Crippen LogP contribution is 2.16. The average molecular weight is 443 g/mol. The SMILES string of the molecule is O=C(CCc1ccc(S(=O)(=O)NCCc2ccccc2)cc1)Nc1cccc(Cl)c1. The number of carbonyl (C=O) groups excluding carboxylic acids is 1. The number of hydrogen-bond acceptors (Lipinski definition) is 3. The number of benzene rings is 3. The Morgan fingerprint density at radius 2 is 1.53 bits per heavy atom. The molecule has 3 aromatic rings. The maximum Gasteiger partial charge on any atom is 0.240 e. The molecule has 0 saturated heterocycles. The largest absolute Gasteiger partial charge is 0.326 e. The summed E-state index contributed by atoms with van der Waals surface area (Å²) in [6.07, 6.45) is 1.42. The van der Waals surface area contributed by atoms with E-state index >= 15 is 0 Å². The smallest absolute Gasteiger partial charge is 0.240 e. The number of carbonyl (C=O) groups is 1. The van der Waals surface area contributed by atoms with E-state index in [1.54, 1.807) is 48.5 Å². The van der Waals surface area contributed by atoms with E-state index < -0.39 is 10.0 Å². The van der Waals surface area contributed by atoms with E-state index in [1.807, 2.05) is 30.3 Å². The predicted molar refractivity (Wildman–Crippen MR) is 120 cm³/mol. The molecule has 3 aromatic carbocycles. The molecule has 0 heterocycles. The van der Waals surface area contributed by atoms with Crippen LogP contribution in [0.4, 0.5) is 5.69 Å². The van der Waals surface area contributed by atoms with Crippen molar-refractivity contribution in [3.63, 3.8) is 0 Å².